The van der Waals surface area contributed by atoms with Crippen molar-refractivity contribution >= 4 is 16.0 Å². The Balaban J connectivity index is 2.54. The topological polar surface area (TPSA) is 74.7 Å². The van der Waals surface area contributed by atoms with Gasteiger partial charge in [-0.15, -0.1) is 0 Å². The SMILES string of the molecule is CC1=CCCN(S(=O)(=O)c2cc(C(=O)O)cc(F)c2F)C1. The molecule has 1 aliphatic rings. The molecule has 1 aromatic carbocycles. The number of hydrogen-bond donors (Lipinski definition) is 1. The van der Waals surface area contributed by atoms with E-state index in [1.165, 1.54) is 0 Å². The molecule has 1 heterocycles. The van der Waals surface area contributed by atoms with E-state index >= 15 is 0 Å². The highest BCUT2D eigenvalue weighted by molar-refractivity contribution is 7.89. The van der Waals surface area contributed by atoms with Crippen LogP contribution in [0.25, 0.3) is 0 Å². The van der Waals surface area contributed by atoms with Crippen molar-refractivity contribution in [3.8, 4) is 0 Å². The molecule has 1 aliphatic heterocycles. The lowest BCUT2D eigenvalue weighted by Gasteiger charge is -2.25. The van der Waals surface area contributed by atoms with Crippen molar-refractivity contribution in [3.05, 3.63) is 41.0 Å². The summed E-state index contributed by atoms with van der Waals surface area (Å²) in [5.41, 5.74) is 0.178. The fraction of sp³-hybridized carbons (Fsp3) is 0.308. The maximum Gasteiger partial charge on any atom is 0.335 e. The number of carbonyl (C=O) groups is 1. The number of sulfonamides is 1. The predicted octanol–water partition coefficient (Wildman–Crippen LogP) is 2.00. The molecule has 0 unspecified atom stereocenters. The van der Waals surface area contributed by atoms with Crippen molar-refractivity contribution in [3.63, 3.8) is 0 Å². The van der Waals surface area contributed by atoms with Crippen molar-refractivity contribution in [1.82, 2.24) is 4.31 Å². The maximum absolute atomic E-state index is 13.8. The molecule has 0 saturated carbocycles. The Morgan fingerprint density at radius 2 is 2.00 bits per heavy atom. The van der Waals surface area contributed by atoms with Crippen molar-refractivity contribution in [1.29, 1.82) is 0 Å². The van der Waals surface area contributed by atoms with Gasteiger partial charge in [-0.2, -0.15) is 4.31 Å². The van der Waals surface area contributed by atoms with Crippen molar-refractivity contribution in [2.75, 3.05) is 13.1 Å². The van der Waals surface area contributed by atoms with Crippen LogP contribution >= 0.6 is 0 Å². The van der Waals surface area contributed by atoms with Crippen LogP contribution in [0.3, 0.4) is 0 Å². The molecule has 0 aromatic heterocycles. The zero-order valence-electron chi connectivity index (χ0n) is 11.1. The van der Waals surface area contributed by atoms with Gasteiger partial charge in [0.05, 0.1) is 5.56 Å². The van der Waals surface area contributed by atoms with Crippen LogP contribution in [0.5, 0.6) is 0 Å². The zero-order valence-corrected chi connectivity index (χ0v) is 12.0. The molecule has 21 heavy (non-hydrogen) atoms. The summed E-state index contributed by atoms with van der Waals surface area (Å²) in [6.07, 6.45) is 2.32. The minimum atomic E-state index is -4.29. The Kier molecular flexibility index (Phi) is 4.11. The summed E-state index contributed by atoms with van der Waals surface area (Å²) < 4.78 is 53.0. The quantitative estimate of drug-likeness (QED) is 0.865. The van der Waals surface area contributed by atoms with Gasteiger partial charge in [-0.25, -0.2) is 22.0 Å². The first-order valence-electron chi connectivity index (χ1n) is 6.11. The molecule has 1 aromatic rings. The highest BCUT2D eigenvalue weighted by Crippen LogP contribution is 2.25. The van der Waals surface area contributed by atoms with Gasteiger partial charge in [0.1, 0.15) is 4.90 Å². The minimum absolute atomic E-state index is 0.0701. The van der Waals surface area contributed by atoms with E-state index < -0.39 is 38.1 Å². The molecule has 114 valence electrons. The fourth-order valence-corrected chi connectivity index (χ4v) is 3.69. The van der Waals surface area contributed by atoms with Crippen molar-refractivity contribution in [2.24, 2.45) is 0 Å². The average Bonchev–Trinajstić information content (AvgIpc) is 2.41. The molecule has 5 nitrogen and oxygen atoms in total. The van der Waals surface area contributed by atoms with Crippen molar-refractivity contribution in [2.45, 2.75) is 18.2 Å². The molecule has 0 aliphatic carbocycles. The van der Waals surface area contributed by atoms with E-state index in [4.69, 9.17) is 5.11 Å². The Morgan fingerprint density at radius 3 is 2.57 bits per heavy atom. The monoisotopic (exact) mass is 317 g/mol. The third kappa shape index (κ3) is 2.96. The Labute approximate surface area is 120 Å². The molecule has 2 rings (SSSR count). The Hall–Kier alpha value is -1.80. The van der Waals surface area contributed by atoms with E-state index in [1.54, 1.807) is 6.92 Å². The molecule has 0 atom stereocenters. The number of rotatable bonds is 3. The fourth-order valence-electron chi connectivity index (χ4n) is 2.10. The highest BCUT2D eigenvalue weighted by Gasteiger charge is 2.31. The average molecular weight is 317 g/mol. The lowest BCUT2D eigenvalue weighted by molar-refractivity contribution is 0.0696. The molecule has 0 spiro atoms. The second-order valence-electron chi connectivity index (χ2n) is 4.75. The first-order chi connectivity index (χ1) is 9.73. The molecule has 0 amide bonds. The van der Waals surface area contributed by atoms with Crippen LogP contribution in [0.15, 0.2) is 28.7 Å². The van der Waals surface area contributed by atoms with Crippen LogP contribution in [0.2, 0.25) is 0 Å². The first-order valence-corrected chi connectivity index (χ1v) is 7.55. The summed E-state index contributed by atoms with van der Waals surface area (Å²) in [6.45, 7) is 1.94. The smallest absolute Gasteiger partial charge is 0.335 e. The van der Waals surface area contributed by atoms with Gasteiger partial charge in [0.15, 0.2) is 11.6 Å². The maximum atomic E-state index is 13.8. The van der Waals surface area contributed by atoms with Gasteiger partial charge in [0.25, 0.3) is 0 Å². The molecular weight excluding hydrogens is 304 g/mol. The summed E-state index contributed by atoms with van der Waals surface area (Å²) in [5.74, 6) is -4.59. The number of halogens is 2. The van der Waals surface area contributed by atoms with Crippen LogP contribution in [0, 0.1) is 11.6 Å². The highest BCUT2D eigenvalue weighted by atomic mass is 32.2. The van der Waals surface area contributed by atoms with Crippen LogP contribution < -0.4 is 0 Å². The lowest BCUT2D eigenvalue weighted by Crippen LogP contribution is -2.36. The number of carboxylic acid groups (broad SMARTS) is 1. The van der Waals surface area contributed by atoms with E-state index in [9.17, 15) is 22.0 Å². The number of benzene rings is 1. The number of nitrogens with zero attached hydrogens (tertiary/aromatic N) is 1. The summed E-state index contributed by atoms with van der Waals surface area (Å²) in [7, 11) is -4.29. The van der Waals surface area contributed by atoms with Crippen LogP contribution in [-0.2, 0) is 10.0 Å². The molecule has 0 saturated heterocycles. The lowest BCUT2D eigenvalue weighted by atomic mass is 10.2. The van der Waals surface area contributed by atoms with Gasteiger partial charge >= 0.3 is 5.97 Å². The van der Waals surface area contributed by atoms with E-state index in [0.717, 1.165) is 9.88 Å². The third-order valence-corrected chi connectivity index (χ3v) is 5.00. The van der Waals surface area contributed by atoms with Gasteiger partial charge in [-0.05, 0) is 25.5 Å². The third-order valence-electron chi connectivity index (χ3n) is 3.16. The molecule has 0 fully saturated rings. The minimum Gasteiger partial charge on any atom is -0.478 e. The second-order valence-corrected chi connectivity index (χ2v) is 6.66. The molecule has 0 radical (unpaired) electrons. The Bertz CT molecular complexity index is 728. The molecule has 8 heteroatoms. The first kappa shape index (κ1) is 15.6. The summed E-state index contributed by atoms with van der Waals surface area (Å²) >= 11 is 0. The van der Waals surface area contributed by atoms with E-state index in [2.05, 4.69) is 0 Å². The summed E-state index contributed by atoms with van der Waals surface area (Å²) in [5, 5.41) is 8.84. The molecule has 0 bridgehead atoms. The van der Waals surface area contributed by atoms with E-state index in [-0.39, 0.29) is 13.1 Å². The van der Waals surface area contributed by atoms with E-state index in [0.29, 0.717) is 18.6 Å². The number of aromatic carboxylic acids is 1. The van der Waals surface area contributed by atoms with Gasteiger partial charge in [0.2, 0.25) is 10.0 Å². The van der Waals surface area contributed by atoms with Crippen LogP contribution in [0.1, 0.15) is 23.7 Å². The normalized spacial score (nSPS) is 16.6. The second kappa shape index (κ2) is 5.53. The van der Waals surface area contributed by atoms with Gasteiger partial charge in [-0.3, -0.25) is 0 Å². The summed E-state index contributed by atoms with van der Waals surface area (Å²) in [6, 6.07) is 1.10. The number of carboxylic acids is 1. The van der Waals surface area contributed by atoms with Crippen LogP contribution in [0.4, 0.5) is 8.78 Å². The number of hydrogen-bond acceptors (Lipinski definition) is 3. The Morgan fingerprint density at radius 1 is 1.33 bits per heavy atom. The molecular formula is C13H13F2NO4S. The van der Waals surface area contributed by atoms with Crippen molar-refractivity contribution < 1.29 is 27.1 Å². The van der Waals surface area contributed by atoms with Gasteiger partial charge < -0.3 is 5.11 Å². The van der Waals surface area contributed by atoms with Gasteiger partial charge in [-0.1, -0.05) is 11.6 Å². The van der Waals surface area contributed by atoms with Crippen LogP contribution in [-0.4, -0.2) is 36.9 Å². The largest absolute Gasteiger partial charge is 0.478 e. The predicted molar refractivity (Wildman–Crippen MR) is 70.5 cm³/mol. The zero-order chi connectivity index (χ0) is 15.8. The summed E-state index contributed by atoms with van der Waals surface area (Å²) in [4.78, 5) is 9.92. The molecule has 1 N–H and O–H groups in total. The standard InChI is InChI=1S/C13H13F2NO4S/c1-8-3-2-4-16(7-8)21(19,20)11-6-9(13(17)18)5-10(14)12(11)15/h3,5-6H,2,4,7H2,1H3,(H,17,18). The van der Waals surface area contributed by atoms with E-state index in [1.807, 2.05) is 6.08 Å². The van der Waals surface area contributed by atoms with Gasteiger partial charge in [0, 0.05) is 13.1 Å².